The molecule has 4 amide bonds. The van der Waals surface area contributed by atoms with E-state index in [1.807, 2.05) is 19.9 Å². The number of esters is 1. The monoisotopic (exact) mass is 516 g/mol. The fourth-order valence-corrected chi connectivity index (χ4v) is 3.49. The molecule has 0 aliphatic carbocycles. The normalized spacial score (nSPS) is 12.4. The molecule has 11 heteroatoms. The fraction of sp³-hybridized carbons (Fsp3) is 0.500. The molecule has 1 rings (SSSR count). The van der Waals surface area contributed by atoms with Crippen LogP contribution in [-0.2, 0) is 28.7 Å². The Balaban J connectivity index is 3.37. The third-order valence-corrected chi connectivity index (χ3v) is 4.77. The summed E-state index contributed by atoms with van der Waals surface area (Å²) in [5, 5.41) is 4.92. The van der Waals surface area contributed by atoms with Crippen LogP contribution in [0.25, 0.3) is 0 Å². The fourth-order valence-electron chi connectivity index (χ4n) is 3.49. The minimum atomic E-state index is -1.50. The minimum Gasteiger partial charge on any atom is -0.466 e. The molecule has 0 aliphatic heterocycles. The number of primary amides is 1. The van der Waals surface area contributed by atoms with Gasteiger partial charge in [0.1, 0.15) is 17.7 Å². The lowest BCUT2D eigenvalue weighted by atomic mass is 9.98. The van der Waals surface area contributed by atoms with Gasteiger partial charge < -0.3 is 25.8 Å². The number of ether oxygens (including phenoxy) is 2. The Morgan fingerprint density at radius 3 is 2.19 bits per heavy atom. The first-order valence-corrected chi connectivity index (χ1v) is 11.8. The van der Waals surface area contributed by atoms with Crippen molar-refractivity contribution in [3.63, 3.8) is 0 Å². The van der Waals surface area contributed by atoms with Gasteiger partial charge in [-0.3, -0.25) is 24.1 Å². The van der Waals surface area contributed by atoms with Gasteiger partial charge in [0, 0.05) is 12.6 Å². The average Bonchev–Trinajstić information content (AvgIpc) is 2.74. The standard InChI is InChI=1S/C26H36N4O7/c1-8-30(24(34)19(15-20(27)31)29-25(35)37-26(5,6)7)22(18-13-16(3)12-17(4)14-18)23(33)28-11-10-21(32)36-9-2/h1,12-14,19,22H,9-11,15H2,2-7H3,(H2,27,31)(H,28,33)(H,29,35). The second kappa shape index (κ2) is 13.9. The van der Waals surface area contributed by atoms with Crippen LogP contribution in [0.4, 0.5) is 4.79 Å². The van der Waals surface area contributed by atoms with Crippen molar-refractivity contribution in [2.24, 2.45) is 5.73 Å². The van der Waals surface area contributed by atoms with Crippen LogP contribution in [0.1, 0.15) is 63.3 Å². The van der Waals surface area contributed by atoms with Gasteiger partial charge in [0.05, 0.1) is 19.4 Å². The van der Waals surface area contributed by atoms with Gasteiger partial charge in [-0.2, -0.15) is 0 Å². The molecule has 4 N–H and O–H groups in total. The van der Waals surface area contributed by atoms with Gasteiger partial charge in [-0.1, -0.05) is 35.7 Å². The van der Waals surface area contributed by atoms with Gasteiger partial charge >= 0.3 is 12.1 Å². The van der Waals surface area contributed by atoms with Crippen LogP contribution >= 0.6 is 0 Å². The second-order valence-electron chi connectivity index (χ2n) is 9.38. The molecule has 0 aromatic heterocycles. The van der Waals surface area contributed by atoms with Gasteiger partial charge in [-0.25, -0.2) is 4.79 Å². The molecule has 0 saturated carbocycles. The van der Waals surface area contributed by atoms with Crippen molar-refractivity contribution >= 4 is 29.8 Å². The number of nitrogens with one attached hydrogen (secondary N) is 2. The number of hydrogen-bond donors (Lipinski definition) is 3. The van der Waals surface area contributed by atoms with E-state index in [1.54, 1.807) is 39.8 Å². The Morgan fingerprint density at radius 2 is 1.70 bits per heavy atom. The molecule has 202 valence electrons. The summed E-state index contributed by atoms with van der Waals surface area (Å²) in [6.07, 6.45) is 4.04. The maximum Gasteiger partial charge on any atom is 0.408 e. The average molecular weight is 517 g/mol. The molecule has 0 saturated heterocycles. The molecule has 2 unspecified atom stereocenters. The number of amides is 4. The third-order valence-electron chi connectivity index (χ3n) is 4.77. The van der Waals surface area contributed by atoms with Crippen molar-refractivity contribution in [2.75, 3.05) is 13.2 Å². The van der Waals surface area contributed by atoms with Crippen molar-refractivity contribution in [1.29, 1.82) is 0 Å². The van der Waals surface area contributed by atoms with Crippen LogP contribution < -0.4 is 16.4 Å². The summed E-state index contributed by atoms with van der Waals surface area (Å²) < 4.78 is 10.0. The van der Waals surface area contributed by atoms with Crippen molar-refractivity contribution in [3.05, 3.63) is 34.9 Å². The molecule has 1 aromatic carbocycles. The van der Waals surface area contributed by atoms with E-state index in [-0.39, 0.29) is 19.6 Å². The Hall–Kier alpha value is -4.07. The lowest BCUT2D eigenvalue weighted by Gasteiger charge is -2.30. The van der Waals surface area contributed by atoms with Gasteiger partial charge in [0.2, 0.25) is 11.8 Å². The molecule has 0 spiro atoms. The number of aryl methyl sites for hydroxylation is 2. The van der Waals surface area contributed by atoms with Crippen LogP contribution in [0.5, 0.6) is 0 Å². The van der Waals surface area contributed by atoms with Crippen molar-refractivity contribution in [3.8, 4) is 12.5 Å². The number of carbonyl (C=O) groups is 5. The molecule has 0 aliphatic rings. The van der Waals surface area contributed by atoms with E-state index in [4.69, 9.17) is 21.6 Å². The van der Waals surface area contributed by atoms with Crippen molar-refractivity contribution in [1.82, 2.24) is 15.5 Å². The van der Waals surface area contributed by atoms with Crippen LogP contribution in [0, 0.1) is 26.3 Å². The zero-order chi connectivity index (χ0) is 28.3. The Bertz CT molecular complexity index is 1040. The van der Waals surface area contributed by atoms with E-state index in [2.05, 4.69) is 16.7 Å². The summed E-state index contributed by atoms with van der Waals surface area (Å²) in [5.41, 5.74) is 6.44. The SMILES string of the molecule is C#CN(C(=O)C(CC(N)=O)NC(=O)OC(C)(C)C)C(C(=O)NCCC(=O)OCC)c1cc(C)cc(C)c1. The summed E-state index contributed by atoms with van der Waals surface area (Å²) in [6.45, 7) is 10.3. The maximum absolute atomic E-state index is 13.5. The summed E-state index contributed by atoms with van der Waals surface area (Å²) >= 11 is 0. The Labute approximate surface area is 217 Å². The molecule has 0 heterocycles. The highest BCUT2D eigenvalue weighted by Crippen LogP contribution is 2.25. The summed E-state index contributed by atoms with van der Waals surface area (Å²) in [7, 11) is 0. The molecule has 37 heavy (non-hydrogen) atoms. The van der Waals surface area contributed by atoms with Crippen molar-refractivity contribution in [2.45, 2.75) is 72.1 Å². The van der Waals surface area contributed by atoms with Gasteiger partial charge in [0.15, 0.2) is 0 Å². The smallest absolute Gasteiger partial charge is 0.408 e. The van der Waals surface area contributed by atoms with E-state index >= 15 is 0 Å². The molecule has 11 nitrogen and oxygen atoms in total. The predicted molar refractivity (Wildman–Crippen MR) is 136 cm³/mol. The van der Waals surface area contributed by atoms with Crippen molar-refractivity contribution < 1.29 is 33.4 Å². The van der Waals surface area contributed by atoms with Gasteiger partial charge in [-0.15, -0.1) is 0 Å². The number of carbonyl (C=O) groups excluding carboxylic acids is 5. The molecule has 0 radical (unpaired) electrons. The Kier molecular flexibility index (Phi) is 11.6. The zero-order valence-electron chi connectivity index (χ0n) is 22.2. The number of alkyl carbamates (subject to hydrolysis) is 1. The van der Waals surface area contributed by atoms with Crippen LogP contribution in [0.2, 0.25) is 0 Å². The van der Waals surface area contributed by atoms with Crippen LogP contribution in [-0.4, -0.2) is 59.5 Å². The van der Waals surface area contributed by atoms with Crippen LogP contribution in [0.15, 0.2) is 18.2 Å². The lowest BCUT2D eigenvalue weighted by Crippen LogP contribution is -2.52. The highest BCUT2D eigenvalue weighted by atomic mass is 16.6. The number of hydrogen-bond acceptors (Lipinski definition) is 7. The first-order valence-electron chi connectivity index (χ1n) is 11.8. The number of terminal acetylenes is 1. The highest BCUT2D eigenvalue weighted by Gasteiger charge is 2.36. The number of nitrogens with zero attached hydrogens (tertiary/aromatic N) is 1. The van der Waals surface area contributed by atoms with Gasteiger partial charge in [-0.05, 0) is 47.1 Å². The van der Waals surface area contributed by atoms with E-state index in [0.29, 0.717) is 5.56 Å². The Morgan fingerprint density at radius 1 is 1.11 bits per heavy atom. The number of benzene rings is 1. The second-order valence-corrected chi connectivity index (χ2v) is 9.38. The number of rotatable bonds is 11. The quantitative estimate of drug-likeness (QED) is 0.229. The van der Waals surface area contributed by atoms with E-state index in [0.717, 1.165) is 16.0 Å². The topological polar surface area (TPSA) is 157 Å². The van der Waals surface area contributed by atoms with E-state index in [1.165, 1.54) is 0 Å². The summed E-state index contributed by atoms with van der Waals surface area (Å²) in [4.78, 5) is 63.4. The molecular weight excluding hydrogens is 480 g/mol. The first kappa shape index (κ1) is 31.0. The maximum atomic E-state index is 13.5. The van der Waals surface area contributed by atoms with Crippen LogP contribution in [0.3, 0.4) is 0 Å². The van der Waals surface area contributed by atoms with Gasteiger partial charge in [0.25, 0.3) is 5.91 Å². The summed E-state index contributed by atoms with van der Waals surface area (Å²) in [5.74, 6) is -2.97. The van der Waals surface area contributed by atoms with E-state index < -0.39 is 53.9 Å². The van der Waals surface area contributed by atoms with E-state index in [9.17, 15) is 24.0 Å². The highest BCUT2D eigenvalue weighted by molar-refractivity contribution is 5.95. The third kappa shape index (κ3) is 10.6. The molecular formula is C26H36N4O7. The summed E-state index contributed by atoms with van der Waals surface area (Å²) in [6, 6.07) is 4.61. The molecule has 2 atom stereocenters. The first-order chi connectivity index (χ1) is 17.2. The number of nitrogens with two attached hydrogens (primary N) is 1. The predicted octanol–water partition coefficient (Wildman–Crippen LogP) is 1.60. The molecule has 0 fully saturated rings. The largest absolute Gasteiger partial charge is 0.466 e. The minimum absolute atomic E-state index is 0.0631. The molecule has 0 bridgehead atoms. The zero-order valence-corrected chi connectivity index (χ0v) is 22.2. The lowest BCUT2D eigenvalue weighted by molar-refractivity contribution is -0.143. The molecule has 1 aromatic rings.